The third-order valence-corrected chi connectivity index (χ3v) is 4.65. The summed E-state index contributed by atoms with van der Waals surface area (Å²) in [6, 6.07) is 0.395. The molecule has 1 fully saturated rings. The first-order valence-electron chi connectivity index (χ1n) is 5.30. The molecule has 1 unspecified atom stereocenters. The lowest BCUT2D eigenvalue weighted by molar-refractivity contribution is 0.425. The number of hydrogen-bond donors (Lipinski definition) is 0. The molecule has 0 saturated carbocycles. The van der Waals surface area contributed by atoms with Crippen LogP contribution in [-0.2, 0) is 0 Å². The van der Waals surface area contributed by atoms with Gasteiger partial charge in [0.2, 0.25) is 0 Å². The SMILES string of the molecule is S=C1CSCN2C=C3C=CCCC3=CC12. The highest BCUT2D eigenvalue weighted by Crippen LogP contribution is 2.32. The Kier molecular flexibility index (Phi) is 2.45. The van der Waals surface area contributed by atoms with E-state index in [2.05, 4.69) is 29.3 Å². The molecule has 0 aromatic carbocycles. The van der Waals surface area contributed by atoms with Crippen LogP contribution in [0.25, 0.3) is 0 Å². The Bertz CT molecular complexity index is 392. The normalized spacial score (nSPS) is 29.2. The second kappa shape index (κ2) is 3.80. The van der Waals surface area contributed by atoms with Crippen molar-refractivity contribution in [3.63, 3.8) is 0 Å². The Hall–Kier alpha value is -0.540. The van der Waals surface area contributed by atoms with Crippen LogP contribution in [0.5, 0.6) is 0 Å². The van der Waals surface area contributed by atoms with E-state index in [1.54, 1.807) is 0 Å². The quantitative estimate of drug-likeness (QED) is 0.594. The van der Waals surface area contributed by atoms with Gasteiger partial charge in [0.25, 0.3) is 0 Å². The van der Waals surface area contributed by atoms with Crippen LogP contribution in [0.3, 0.4) is 0 Å². The molecular formula is C12H13NS2. The molecule has 3 rings (SSSR count). The fraction of sp³-hybridized carbons (Fsp3) is 0.417. The van der Waals surface area contributed by atoms with Gasteiger partial charge in [-0.3, -0.25) is 0 Å². The van der Waals surface area contributed by atoms with Crippen LogP contribution >= 0.6 is 24.0 Å². The largest absolute Gasteiger partial charge is 0.357 e. The van der Waals surface area contributed by atoms with Crippen molar-refractivity contribution in [3.8, 4) is 0 Å². The third kappa shape index (κ3) is 1.68. The molecule has 0 aromatic rings. The van der Waals surface area contributed by atoms with Gasteiger partial charge in [0.15, 0.2) is 0 Å². The smallest absolute Gasteiger partial charge is 0.0806 e. The summed E-state index contributed by atoms with van der Waals surface area (Å²) in [6.07, 6.45) is 11.5. The maximum atomic E-state index is 5.44. The van der Waals surface area contributed by atoms with E-state index in [1.165, 1.54) is 28.9 Å². The van der Waals surface area contributed by atoms with Gasteiger partial charge in [-0.25, -0.2) is 0 Å². The van der Waals surface area contributed by atoms with Crippen LogP contribution in [0.1, 0.15) is 12.8 Å². The molecule has 2 aliphatic heterocycles. The Balaban J connectivity index is 1.97. The number of thioether (sulfide) groups is 1. The van der Waals surface area contributed by atoms with Crippen molar-refractivity contribution in [3.05, 3.63) is 35.6 Å². The molecule has 0 N–H and O–H groups in total. The fourth-order valence-electron chi connectivity index (χ4n) is 2.28. The van der Waals surface area contributed by atoms with E-state index in [-0.39, 0.29) is 0 Å². The minimum Gasteiger partial charge on any atom is -0.357 e. The van der Waals surface area contributed by atoms with Crippen molar-refractivity contribution in [2.24, 2.45) is 0 Å². The number of nitrogens with zero attached hydrogens (tertiary/aromatic N) is 1. The van der Waals surface area contributed by atoms with E-state index in [4.69, 9.17) is 12.2 Å². The van der Waals surface area contributed by atoms with Gasteiger partial charge in [0, 0.05) is 16.8 Å². The summed E-state index contributed by atoms with van der Waals surface area (Å²) in [5.41, 5.74) is 2.88. The monoisotopic (exact) mass is 235 g/mol. The van der Waals surface area contributed by atoms with Gasteiger partial charge >= 0.3 is 0 Å². The highest BCUT2D eigenvalue weighted by atomic mass is 32.2. The standard InChI is InChI=1S/C12H13NS2/c14-12-7-15-8-13-6-10-4-2-1-3-9(10)5-11(12)13/h2,4-6,11H,1,3,7-8H2. The zero-order valence-corrected chi connectivity index (χ0v) is 10.1. The fourth-order valence-corrected chi connectivity index (χ4v) is 3.65. The summed E-state index contributed by atoms with van der Waals surface area (Å²) in [7, 11) is 0. The molecule has 0 spiro atoms. The van der Waals surface area contributed by atoms with E-state index in [9.17, 15) is 0 Å². The zero-order chi connectivity index (χ0) is 10.3. The molecule has 0 amide bonds. The lowest BCUT2D eigenvalue weighted by Crippen LogP contribution is -2.42. The zero-order valence-electron chi connectivity index (χ0n) is 8.48. The van der Waals surface area contributed by atoms with Crippen molar-refractivity contribution in [1.29, 1.82) is 0 Å². The number of thiocarbonyl (C=S) groups is 1. The van der Waals surface area contributed by atoms with E-state index in [1.807, 2.05) is 11.8 Å². The van der Waals surface area contributed by atoms with Gasteiger partial charge in [0.05, 0.1) is 11.9 Å². The van der Waals surface area contributed by atoms with Gasteiger partial charge in [-0.05, 0) is 24.0 Å². The lowest BCUT2D eigenvalue weighted by atomic mass is 9.91. The highest BCUT2D eigenvalue weighted by Gasteiger charge is 2.27. The third-order valence-electron chi connectivity index (χ3n) is 3.08. The molecule has 1 nitrogen and oxygen atoms in total. The molecule has 0 aromatic heterocycles. The van der Waals surface area contributed by atoms with E-state index in [0.29, 0.717) is 6.04 Å². The Morgan fingerprint density at radius 1 is 1.47 bits per heavy atom. The van der Waals surface area contributed by atoms with Gasteiger partial charge < -0.3 is 4.90 Å². The Morgan fingerprint density at radius 2 is 2.40 bits per heavy atom. The van der Waals surface area contributed by atoms with Gasteiger partial charge in [0.1, 0.15) is 0 Å². The predicted molar refractivity (Wildman–Crippen MR) is 70.1 cm³/mol. The molecule has 0 radical (unpaired) electrons. The van der Waals surface area contributed by atoms with Crippen LogP contribution in [-0.4, -0.2) is 27.4 Å². The lowest BCUT2D eigenvalue weighted by Gasteiger charge is -2.38. The first kappa shape index (κ1) is 9.67. The summed E-state index contributed by atoms with van der Waals surface area (Å²) in [5, 5.41) is 0. The summed E-state index contributed by atoms with van der Waals surface area (Å²) < 4.78 is 0. The molecular weight excluding hydrogens is 222 g/mol. The van der Waals surface area contributed by atoms with Crippen LogP contribution in [0, 0.1) is 0 Å². The van der Waals surface area contributed by atoms with E-state index >= 15 is 0 Å². The van der Waals surface area contributed by atoms with Crippen molar-refractivity contribution in [1.82, 2.24) is 4.90 Å². The highest BCUT2D eigenvalue weighted by molar-refractivity contribution is 8.01. The van der Waals surface area contributed by atoms with Crippen molar-refractivity contribution >= 4 is 28.8 Å². The van der Waals surface area contributed by atoms with Crippen LogP contribution in [0.15, 0.2) is 35.6 Å². The molecule has 1 saturated heterocycles. The number of hydrogen-bond acceptors (Lipinski definition) is 3. The van der Waals surface area contributed by atoms with E-state index < -0.39 is 0 Å². The second-order valence-corrected chi connectivity index (χ2v) is 5.60. The molecule has 2 heterocycles. The maximum absolute atomic E-state index is 5.44. The van der Waals surface area contributed by atoms with Crippen LogP contribution < -0.4 is 0 Å². The number of allylic oxidation sites excluding steroid dienone is 4. The topological polar surface area (TPSA) is 3.24 Å². The molecule has 3 heteroatoms. The molecule has 1 aliphatic carbocycles. The number of rotatable bonds is 0. The summed E-state index contributed by atoms with van der Waals surface area (Å²) in [4.78, 5) is 3.55. The van der Waals surface area contributed by atoms with Gasteiger partial charge in [-0.1, -0.05) is 30.4 Å². The van der Waals surface area contributed by atoms with Gasteiger partial charge in [-0.2, -0.15) is 0 Å². The van der Waals surface area contributed by atoms with E-state index in [0.717, 1.165) is 11.6 Å². The van der Waals surface area contributed by atoms with Gasteiger partial charge in [-0.15, -0.1) is 11.8 Å². The summed E-state index contributed by atoms with van der Waals surface area (Å²) in [6.45, 7) is 0. The minimum absolute atomic E-state index is 0.395. The summed E-state index contributed by atoms with van der Waals surface area (Å²) in [5.74, 6) is 2.12. The molecule has 1 atom stereocenters. The number of fused-ring (bicyclic) bond motifs is 2. The predicted octanol–water partition coefficient (Wildman–Crippen LogP) is 2.91. The minimum atomic E-state index is 0.395. The van der Waals surface area contributed by atoms with Crippen LogP contribution in [0.4, 0.5) is 0 Å². The summed E-state index contributed by atoms with van der Waals surface area (Å²) >= 11 is 7.36. The molecule has 78 valence electrons. The second-order valence-electron chi connectivity index (χ2n) is 4.12. The average Bonchev–Trinajstić information content (AvgIpc) is 2.27. The average molecular weight is 235 g/mol. The Morgan fingerprint density at radius 3 is 3.33 bits per heavy atom. The molecule has 0 bridgehead atoms. The first-order valence-corrected chi connectivity index (χ1v) is 6.86. The van der Waals surface area contributed by atoms with Crippen molar-refractivity contribution < 1.29 is 0 Å². The maximum Gasteiger partial charge on any atom is 0.0806 e. The Labute approximate surface area is 99.9 Å². The molecule has 3 aliphatic rings. The van der Waals surface area contributed by atoms with Crippen molar-refractivity contribution in [2.75, 3.05) is 11.6 Å². The molecule has 15 heavy (non-hydrogen) atoms. The van der Waals surface area contributed by atoms with Crippen molar-refractivity contribution in [2.45, 2.75) is 18.9 Å². The first-order chi connectivity index (χ1) is 7.34. The van der Waals surface area contributed by atoms with Crippen LogP contribution in [0.2, 0.25) is 0 Å².